The number of hydrogen-bond donors (Lipinski definition) is 3. The third kappa shape index (κ3) is 5.78. The molecule has 0 aliphatic carbocycles. The van der Waals surface area contributed by atoms with Gasteiger partial charge in [-0.15, -0.1) is 0 Å². The number of carbonyl (C=O) groups excluding carboxylic acids is 3. The molecule has 2 atom stereocenters. The number of amides is 3. The summed E-state index contributed by atoms with van der Waals surface area (Å²) >= 11 is 0. The van der Waals surface area contributed by atoms with Crippen molar-refractivity contribution in [1.82, 2.24) is 25.1 Å². The molecule has 1 fully saturated rings. The standard InChI is InChI=1S/C25H31N7O4/c1-14-6-7-19(16-9-17-11-28-31-21(17)26-10-16)32(13-14)23(34)22(33)29-18-8-15(2)20(27-12-18)30-24(35)36-25(3,4)5/h8-12,14,19H,6-7,13H2,1-5H3,(H,29,33)(H,26,28,31)(H,27,30,35)/t14-,19+/m0/s1. The summed E-state index contributed by atoms with van der Waals surface area (Å²) in [7, 11) is 0. The van der Waals surface area contributed by atoms with Gasteiger partial charge in [-0.1, -0.05) is 6.92 Å². The summed E-state index contributed by atoms with van der Waals surface area (Å²) in [4.78, 5) is 48.5. The van der Waals surface area contributed by atoms with Gasteiger partial charge in [-0.2, -0.15) is 5.10 Å². The Morgan fingerprint density at radius 1 is 1.08 bits per heavy atom. The molecule has 36 heavy (non-hydrogen) atoms. The number of rotatable bonds is 3. The van der Waals surface area contributed by atoms with Crippen LogP contribution in [0.4, 0.5) is 16.3 Å². The van der Waals surface area contributed by atoms with Gasteiger partial charge in [0, 0.05) is 18.1 Å². The molecule has 11 heteroatoms. The first-order valence-electron chi connectivity index (χ1n) is 11.9. The van der Waals surface area contributed by atoms with Crippen LogP contribution in [0.5, 0.6) is 0 Å². The molecule has 0 unspecified atom stereocenters. The van der Waals surface area contributed by atoms with Crippen LogP contribution in [0.2, 0.25) is 0 Å². The number of nitrogens with zero attached hydrogens (tertiary/aromatic N) is 4. The van der Waals surface area contributed by atoms with Crippen molar-refractivity contribution in [2.45, 2.75) is 59.1 Å². The Labute approximate surface area is 209 Å². The summed E-state index contributed by atoms with van der Waals surface area (Å²) in [5.74, 6) is -0.792. The van der Waals surface area contributed by atoms with E-state index in [1.54, 1.807) is 51.1 Å². The van der Waals surface area contributed by atoms with E-state index in [9.17, 15) is 14.4 Å². The highest BCUT2D eigenvalue weighted by Crippen LogP contribution is 2.34. The summed E-state index contributed by atoms with van der Waals surface area (Å²) < 4.78 is 5.24. The van der Waals surface area contributed by atoms with Crippen LogP contribution in [0.1, 0.15) is 57.7 Å². The van der Waals surface area contributed by atoms with Crippen LogP contribution in [-0.4, -0.2) is 55.1 Å². The highest BCUT2D eigenvalue weighted by atomic mass is 16.6. The van der Waals surface area contributed by atoms with Crippen molar-refractivity contribution in [3.8, 4) is 0 Å². The number of aromatic nitrogens is 4. The molecular weight excluding hydrogens is 462 g/mol. The Bertz CT molecular complexity index is 1300. The first-order valence-corrected chi connectivity index (χ1v) is 11.9. The second kappa shape index (κ2) is 9.92. The molecule has 1 aliphatic rings. The minimum atomic E-state index is -0.750. The van der Waals surface area contributed by atoms with Crippen molar-refractivity contribution in [2.24, 2.45) is 5.92 Å². The number of pyridine rings is 2. The fourth-order valence-corrected chi connectivity index (χ4v) is 4.25. The van der Waals surface area contributed by atoms with Crippen molar-refractivity contribution in [2.75, 3.05) is 17.2 Å². The number of anilines is 2. The monoisotopic (exact) mass is 493 g/mol. The largest absolute Gasteiger partial charge is 0.444 e. The van der Waals surface area contributed by atoms with Crippen LogP contribution in [0, 0.1) is 12.8 Å². The van der Waals surface area contributed by atoms with Crippen LogP contribution < -0.4 is 10.6 Å². The SMILES string of the molecule is Cc1cc(NC(=O)C(=O)N2C[C@@H](C)CC[C@@H]2c2cnc3[nH]ncc3c2)cnc1NC(=O)OC(C)(C)C. The summed E-state index contributed by atoms with van der Waals surface area (Å²) in [5, 5.41) is 12.9. The molecule has 3 aromatic rings. The molecule has 0 aromatic carbocycles. The quantitative estimate of drug-likeness (QED) is 0.469. The Morgan fingerprint density at radius 3 is 2.58 bits per heavy atom. The van der Waals surface area contributed by atoms with Crippen molar-refractivity contribution in [3.05, 3.63) is 41.9 Å². The molecule has 1 aliphatic heterocycles. The fraction of sp³-hybridized carbons (Fsp3) is 0.440. The van der Waals surface area contributed by atoms with E-state index in [0.717, 1.165) is 23.8 Å². The van der Waals surface area contributed by atoms with Gasteiger partial charge < -0.3 is 15.0 Å². The normalized spacial score (nSPS) is 18.1. The lowest BCUT2D eigenvalue weighted by Crippen LogP contribution is -2.46. The molecule has 3 N–H and O–H groups in total. The molecule has 3 amide bonds. The van der Waals surface area contributed by atoms with Crippen molar-refractivity contribution in [1.29, 1.82) is 0 Å². The van der Waals surface area contributed by atoms with Crippen LogP contribution >= 0.6 is 0 Å². The van der Waals surface area contributed by atoms with Crippen LogP contribution in [-0.2, 0) is 14.3 Å². The smallest absolute Gasteiger partial charge is 0.413 e. The van der Waals surface area contributed by atoms with Gasteiger partial charge in [0.15, 0.2) is 5.65 Å². The number of fused-ring (bicyclic) bond motifs is 1. The number of carbonyl (C=O) groups is 3. The maximum atomic E-state index is 13.3. The van der Waals surface area contributed by atoms with Crippen molar-refractivity contribution in [3.63, 3.8) is 0 Å². The second-order valence-electron chi connectivity index (χ2n) is 10.2. The molecule has 1 saturated heterocycles. The van der Waals surface area contributed by atoms with Crippen molar-refractivity contribution < 1.29 is 19.1 Å². The summed E-state index contributed by atoms with van der Waals surface area (Å²) in [5.41, 5.74) is 1.85. The number of likely N-dealkylation sites (tertiary alicyclic amines) is 1. The predicted molar refractivity (Wildman–Crippen MR) is 134 cm³/mol. The number of ether oxygens (including phenoxy) is 1. The van der Waals surface area contributed by atoms with E-state index < -0.39 is 23.5 Å². The molecule has 0 bridgehead atoms. The van der Waals surface area contributed by atoms with Gasteiger partial charge in [0.25, 0.3) is 0 Å². The first-order chi connectivity index (χ1) is 17.0. The summed E-state index contributed by atoms with van der Waals surface area (Å²) in [6.07, 6.45) is 5.85. The maximum absolute atomic E-state index is 13.3. The molecule has 0 spiro atoms. The molecule has 4 rings (SSSR count). The number of H-pyrrole nitrogens is 1. The molecule has 4 heterocycles. The number of aromatic amines is 1. The zero-order chi connectivity index (χ0) is 26.0. The zero-order valence-corrected chi connectivity index (χ0v) is 21.1. The Kier molecular flexibility index (Phi) is 6.91. The first kappa shape index (κ1) is 25.1. The number of aryl methyl sites for hydroxylation is 1. The minimum absolute atomic E-state index is 0.258. The molecule has 0 saturated carbocycles. The van der Waals surface area contributed by atoms with Crippen LogP contribution in [0.3, 0.4) is 0 Å². The van der Waals surface area contributed by atoms with Gasteiger partial charge in [0.1, 0.15) is 11.4 Å². The van der Waals surface area contributed by atoms with Crippen LogP contribution in [0.25, 0.3) is 11.0 Å². The van der Waals surface area contributed by atoms with Gasteiger partial charge in [0.2, 0.25) is 0 Å². The Balaban J connectivity index is 1.46. The molecular formula is C25H31N7O4. The zero-order valence-electron chi connectivity index (χ0n) is 21.1. The second-order valence-corrected chi connectivity index (χ2v) is 10.2. The van der Waals surface area contributed by atoms with Gasteiger partial charge in [0.05, 0.1) is 24.1 Å². The van der Waals surface area contributed by atoms with E-state index in [1.807, 2.05) is 6.07 Å². The van der Waals surface area contributed by atoms with Crippen LogP contribution in [0.15, 0.2) is 30.7 Å². The number of nitrogens with one attached hydrogen (secondary N) is 3. The van der Waals surface area contributed by atoms with E-state index in [1.165, 1.54) is 6.20 Å². The van der Waals surface area contributed by atoms with Gasteiger partial charge >= 0.3 is 17.9 Å². The molecule has 0 radical (unpaired) electrons. The maximum Gasteiger partial charge on any atom is 0.413 e. The third-order valence-corrected chi connectivity index (χ3v) is 5.93. The van der Waals surface area contributed by atoms with Gasteiger partial charge in [-0.3, -0.25) is 20.0 Å². The van der Waals surface area contributed by atoms with Crippen molar-refractivity contribution >= 4 is 40.4 Å². The predicted octanol–water partition coefficient (Wildman–Crippen LogP) is 3.95. The topological polar surface area (TPSA) is 142 Å². The van der Waals surface area contributed by atoms with E-state index in [2.05, 4.69) is 37.7 Å². The summed E-state index contributed by atoms with van der Waals surface area (Å²) in [6, 6.07) is 3.33. The third-order valence-electron chi connectivity index (χ3n) is 5.93. The minimum Gasteiger partial charge on any atom is -0.444 e. The van der Waals surface area contributed by atoms with E-state index in [0.29, 0.717) is 29.3 Å². The van der Waals surface area contributed by atoms with Gasteiger partial charge in [-0.25, -0.2) is 14.8 Å². The van der Waals surface area contributed by atoms with E-state index in [-0.39, 0.29) is 12.0 Å². The lowest BCUT2D eigenvalue weighted by molar-refractivity contribution is -0.146. The number of piperidine rings is 1. The van der Waals surface area contributed by atoms with Gasteiger partial charge in [-0.05, 0) is 69.7 Å². The van der Waals surface area contributed by atoms with E-state index >= 15 is 0 Å². The lowest BCUT2D eigenvalue weighted by atomic mass is 9.90. The average Bonchev–Trinajstić information content (AvgIpc) is 3.27. The highest BCUT2D eigenvalue weighted by molar-refractivity contribution is 6.39. The molecule has 190 valence electrons. The summed E-state index contributed by atoms with van der Waals surface area (Å²) in [6.45, 7) is 9.57. The Hall–Kier alpha value is -4.02. The average molecular weight is 494 g/mol. The molecule has 11 nitrogen and oxygen atoms in total. The lowest BCUT2D eigenvalue weighted by Gasteiger charge is -2.38. The fourth-order valence-electron chi connectivity index (χ4n) is 4.25. The molecule has 3 aromatic heterocycles. The van der Waals surface area contributed by atoms with E-state index in [4.69, 9.17) is 4.74 Å². The number of hydrogen-bond acceptors (Lipinski definition) is 7. The Morgan fingerprint density at radius 2 is 1.86 bits per heavy atom. The highest BCUT2D eigenvalue weighted by Gasteiger charge is 2.34.